The van der Waals surface area contributed by atoms with Crippen LogP contribution < -0.4 is 0 Å². The van der Waals surface area contributed by atoms with Gasteiger partial charge in [0, 0.05) is 11.1 Å². The van der Waals surface area contributed by atoms with Crippen molar-refractivity contribution in [1.29, 1.82) is 0 Å². The third kappa shape index (κ3) is 6.33. The van der Waals surface area contributed by atoms with Gasteiger partial charge in [0.15, 0.2) is 0 Å². The van der Waals surface area contributed by atoms with Crippen LogP contribution in [0.1, 0.15) is 44.4 Å². The summed E-state index contributed by atoms with van der Waals surface area (Å²) in [6, 6.07) is 11.5. The van der Waals surface area contributed by atoms with Crippen LogP contribution in [-0.2, 0) is 19.6 Å². The van der Waals surface area contributed by atoms with E-state index in [0.717, 1.165) is 18.1 Å². The first-order chi connectivity index (χ1) is 14.3. The van der Waals surface area contributed by atoms with Crippen molar-refractivity contribution in [2.45, 2.75) is 51.2 Å². The highest BCUT2D eigenvalue weighted by atomic mass is 32.2. The fourth-order valence-electron chi connectivity index (χ4n) is 2.48. The number of hydrogen-bond acceptors (Lipinski definition) is 5. The molecule has 2 aromatic carbocycles. The zero-order chi connectivity index (χ0) is 23.4. The van der Waals surface area contributed by atoms with Gasteiger partial charge in [0.1, 0.15) is 11.6 Å². The molecule has 164 valence electrons. The van der Waals surface area contributed by atoms with E-state index in [1.54, 1.807) is 20.8 Å². The van der Waals surface area contributed by atoms with Gasteiger partial charge in [-0.1, -0.05) is 29.5 Å². The number of hydrogen-bond donors (Lipinski definition) is 1. The van der Waals surface area contributed by atoms with Crippen LogP contribution in [0.2, 0.25) is 0 Å². The molecule has 8 heteroatoms. The van der Waals surface area contributed by atoms with Crippen molar-refractivity contribution >= 4 is 22.1 Å². The van der Waals surface area contributed by atoms with E-state index in [2.05, 4.69) is 11.8 Å². The normalized spacial score (nSPS) is 12.3. The molecule has 1 atom stereocenters. The molecule has 0 aliphatic rings. The molecule has 0 saturated heterocycles. The maximum Gasteiger partial charge on any atom is 0.425 e. The van der Waals surface area contributed by atoms with Gasteiger partial charge in [-0.3, -0.25) is 0 Å². The van der Waals surface area contributed by atoms with Crippen LogP contribution >= 0.6 is 0 Å². The van der Waals surface area contributed by atoms with Gasteiger partial charge in [-0.2, -0.15) is 4.31 Å². The zero-order valence-corrected chi connectivity index (χ0v) is 18.9. The molecule has 0 heterocycles. The van der Waals surface area contributed by atoms with Crippen LogP contribution in [-0.4, -0.2) is 41.5 Å². The molecule has 0 aliphatic carbocycles. The highest BCUT2D eigenvalue weighted by Gasteiger charge is 2.39. The molecule has 1 N–H and O–H groups in total. The third-order valence-corrected chi connectivity index (χ3v) is 5.95. The van der Waals surface area contributed by atoms with Gasteiger partial charge in [-0.05, 0) is 71.0 Å². The van der Waals surface area contributed by atoms with Gasteiger partial charge in [0.2, 0.25) is 0 Å². The van der Waals surface area contributed by atoms with Gasteiger partial charge in [0.25, 0.3) is 10.0 Å². The second kappa shape index (κ2) is 9.23. The summed E-state index contributed by atoms with van der Waals surface area (Å²) in [5, 5.41) is 9.32. The molecule has 31 heavy (non-hydrogen) atoms. The Hall–Kier alpha value is -3.31. The maximum absolute atomic E-state index is 13.1. The summed E-state index contributed by atoms with van der Waals surface area (Å²) < 4.78 is 31.5. The average Bonchev–Trinajstić information content (AvgIpc) is 2.66. The minimum atomic E-state index is -4.48. The number of amides is 1. The average molecular weight is 444 g/mol. The molecule has 0 aromatic heterocycles. The third-order valence-electron chi connectivity index (χ3n) is 4.10. The lowest BCUT2D eigenvalue weighted by Crippen LogP contribution is -2.48. The van der Waals surface area contributed by atoms with E-state index >= 15 is 0 Å². The van der Waals surface area contributed by atoms with Gasteiger partial charge in [0.05, 0.1) is 4.90 Å². The predicted molar refractivity (Wildman–Crippen MR) is 116 cm³/mol. The van der Waals surface area contributed by atoms with E-state index in [9.17, 15) is 23.1 Å². The molecule has 0 saturated carbocycles. The van der Waals surface area contributed by atoms with Crippen molar-refractivity contribution in [1.82, 2.24) is 4.31 Å². The summed E-state index contributed by atoms with van der Waals surface area (Å²) in [5.74, 6) is 4.45. The molecule has 2 rings (SSSR count). The van der Waals surface area contributed by atoms with Crippen LogP contribution in [0.5, 0.6) is 0 Å². The lowest BCUT2D eigenvalue weighted by Gasteiger charge is -2.29. The Morgan fingerprint density at radius 1 is 0.968 bits per heavy atom. The van der Waals surface area contributed by atoms with Crippen molar-refractivity contribution in [2.24, 2.45) is 0 Å². The largest absolute Gasteiger partial charge is 0.480 e. The quantitative estimate of drug-likeness (QED) is 0.722. The minimum Gasteiger partial charge on any atom is -0.480 e. The summed E-state index contributed by atoms with van der Waals surface area (Å²) in [4.78, 5) is 23.7. The number of sulfonamides is 1. The smallest absolute Gasteiger partial charge is 0.425 e. The van der Waals surface area contributed by atoms with E-state index in [4.69, 9.17) is 4.74 Å². The number of carboxylic acid groups (broad SMARTS) is 1. The Morgan fingerprint density at radius 3 is 1.84 bits per heavy atom. The number of carbonyl (C=O) groups is 2. The number of carboxylic acids is 1. The lowest BCUT2D eigenvalue weighted by molar-refractivity contribution is -0.140. The van der Waals surface area contributed by atoms with Crippen molar-refractivity contribution in [3.8, 4) is 11.8 Å². The summed E-state index contributed by atoms with van der Waals surface area (Å²) in [6.07, 6.45) is -1.26. The summed E-state index contributed by atoms with van der Waals surface area (Å²) in [7, 11) is -4.48. The molecular formula is C23H25NO6S. The van der Waals surface area contributed by atoms with Gasteiger partial charge in [-0.15, -0.1) is 0 Å². The molecule has 0 radical (unpaired) electrons. The van der Waals surface area contributed by atoms with Crippen LogP contribution in [0.4, 0.5) is 4.79 Å². The number of rotatable bonds is 4. The molecule has 1 amide bonds. The van der Waals surface area contributed by atoms with Gasteiger partial charge >= 0.3 is 12.1 Å². The van der Waals surface area contributed by atoms with Crippen molar-refractivity contribution < 1.29 is 27.9 Å². The number of aryl methyl sites for hydroxylation is 1. The van der Waals surface area contributed by atoms with E-state index in [1.165, 1.54) is 24.3 Å². The molecule has 0 aliphatic heterocycles. The first-order valence-electron chi connectivity index (χ1n) is 9.50. The van der Waals surface area contributed by atoms with Crippen LogP contribution in [0.25, 0.3) is 0 Å². The standard InChI is InChI=1S/C23H25NO6S/c1-16-6-8-18(9-7-16)10-11-19-12-14-20(15-13-19)31(28,29)24(17(2)21(25)26)22(27)30-23(3,4)5/h6-9,12-15,17H,1-5H3,(H,25,26)/t17-/m1/s1. The number of benzene rings is 2. The fraction of sp³-hybridized carbons (Fsp3) is 0.304. The first-order valence-corrected chi connectivity index (χ1v) is 10.9. The minimum absolute atomic E-state index is 0.243. The monoisotopic (exact) mass is 443 g/mol. The highest BCUT2D eigenvalue weighted by Crippen LogP contribution is 2.22. The number of ether oxygens (including phenoxy) is 1. The second-order valence-corrected chi connectivity index (χ2v) is 9.75. The van der Waals surface area contributed by atoms with Crippen LogP contribution in [0, 0.1) is 18.8 Å². The molecule has 0 spiro atoms. The molecule has 0 fully saturated rings. The van der Waals surface area contributed by atoms with E-state index in [0.29, 0.717) is 5.56 Å². The number of aliphatic carboxylic acids is 1. The lowest BCUT2D eigenvalue weighted by atomic mass is 10.1. The van der Waals surface area contributed by atoms with Crippen LogP contribution in [0.15, 0.2) is 53.4 Å². The molecular weight excluding hydrogens is 418 g/mol. The summed E-state index contributed by atoms with van der Waals surface area (Å²) in [6.45, 7) is 7.75. The number of carbonyl (C=O) groups excluding carboxylic acids is 1. The van der Waals surface area contributed by atoms with Gasteiger partial charge < -0.3 is 9.84 Å². The topological polar surface area (TPSA) is 101 Å². The summed E-state index contributed by atoms with van der Waals surface area (Å²) >= 11 is 0. The Labute approximate surface area is 182 Å². The molecule has 2 aromatic rings. The molecule has 7 nitrogen and oxygen atoms in total. The Kier molecular flexibility index (Phi) is 7.13. The van der Waals surface area contributed by atoms with E-state index in [-0.39, 0.29) is 9.20 Å². The Morgan fingerprint density at radius 2 is 1.42 bits per heavy atom. The number of nitrogens with zero attached hydrogens (tertiary/aromatic N) is 1. The summed E-state index contributed by atoms with van der Waals surface area (Å²) in [5.41, 5.74) is 1.49. The van der Waals surface area contributed by atoms with E-state index in [1.807, 2.05) is 31.2 Å². The fourth-order valence-corrected chi connectivity index (χ4v) is 3.92. The van der Waals surface area contributed by atoms with Crippen molar-refractivity contribution in [3.05, 3.63) is 65.2 Å². The molecule has 0 bridgehead atoms. The molecule has 0 unspecified atom stereocenters. The van der Waals surface area contributed by atoms with Gasteiger partial charge in [-0.25, -0.2) is 18.0 Å². The second-order valence-electron chi connectivity index (χ2n) is 7.94. The highest BCUT2D eigenvalue weighted by molar-refractivity contribution is 7.89. The van der Waals surface area contributed by atoms with Crippen molar-refractivity contribution in [3.63, 3.8) is 0 Å². The van der Waals surface area contributed by atoms with E-state index < -0.39 is 33.7 Å². The Bertz CT molecular complexity index is 1120. The maximum atomic E-state index is 13.1. The zero-order valence-electron chi connectivity index (χ0n) is 18.0. The SMILES string of the molecule is Cc1ccc(C#Cc2ccc(S(=O)(=O)N(C(=O)OC(C)(C)C)[C@H](C)C(=O)O)cc2)cc1. The van der Waals surface area contributed by atoms with Crippen LogP contribution in [0.3, 0.4) is 0 Å². The van der Waals surface area contributed by atoms with Crippen molar-refractivity contribution in [2.75, 3.05) is 0 Å². The predicted octanol–water partition coefficient (Wildman–Crippen LogP) is 3.79. The Balaban J connectivity index is 2.36. The first kappa shape index (κ1) is 24.0.